The molecule has 3 nitrogen and oxygen atoms in total. The lowest BCUT2D eigenvalue weighted by Crippen LogP contribution is -2.17. The minimum atomic E-state index is -0.291. The Morgan fingerprint density at radius 2 is 1.90 bits per heavy atom. The Morgan fingerprint density at radius 1 is 1.20 bits per heavy atom. The summed E-state index contributed by atoms with van der Waals surface area (Å²) in [5, 5.41) is 18.4. The summed E-state index contributed by atoms with van der Waals surface area (Å²) in [5.41, 5.74) is 2.75. The minimum Gasteiger partial charge on any atom is -0.392 e. The second-order valence-corrected chi connectivity index (χ2v) is 4.34. The van der Waals surface area contributed by atoms with E-state index in [1.165, 1.54) is 12.1 Å². The fourth-order valence-electron chi connectivity index (χ4n) is 2.12. The monoisotopic (exact) mass is 270 g/mol. The van der Waals surface area contributed by atoms with Gasteiger partial charge in [-0.1, -0.05) is 6.07 Å². The average molecular weight is 270 g/mol. The molecule has 0 aliphatic heterocycles. The van der Waals surface area contributed by atoms with Gasteiger partial charge in [-0.05, 0) is 48.9 Å². The molecule has 0 spiro atoms. The van der Waals surface area contributed by atoms with Crippen LogP contribution in [0.5, 0.6) is 0 Å². The largest absolute Gasteiger partial charge is 0.392 e. The fourth-order valence-corrected chi connectivity index (χ4v) is 2.12. The third-order valence-electron chi connectivity index (χ3n) is 3.11. The van der Waals surface area contributed by atoms with E-state index in [9.17, 15) is 9.65 Å². The van der Waals surface area contributed by atoms with Crippen LogP contribution in [0.2, 0.25) is 0 Å². The van der Waals surface area contributed by atoms with Crippen LogP contribution in [0.15, 0.2) is 42.5 Å². The molecule has 0 unspecified atom stereocenters. The highest BCUT2D eigenvalue weighted by Crippen LogP contribution is 2.29. The van der Waals surface area contributed by atoms with Crippen molar-refractivity contribution >= 4 is 11.4 Å². The van der Waals surface area contributed by atoms with Crippen LogP contribution in [0.25, 0.3) is 0 Å². The fraction of sp³-hybridized carbons (Fsp3) is 0.188. The molecule has 0 amide bonds. The third-order valence-corrected chi connectivity index (χ3v) is 3.11. The maximum absolute atomic E-state index is 13.0. The molecule has 0 fully saturated rings. The normalized spacial score (nSPS) is 10.1. The first-order chi connectivity index (χ1) is 9.69. The molecule has 2 aromatic carbocycles. The topological polar surface area (TPSA) is 47.3 Å². The molecule has 0 heterocycles. The zero-order chi connectivity index (χ0) is 14.5. The highest BCUT2D eigenvalue weighted by Gasteiger charge is 2.12. The molecule has 0 saturated carbocycles. The van der Waals surface area contributed by atoms with Gasteiger partial charge in [-0.25, -0.2) is 4.39 Å². The van der Waals surface area contributed by atoms with Crippen LogP contribution < -0.4 is 4.90 Å². The molecule has 0 bridgehead atoms. The standard InChI is InChI=1S/C16H15FN2O/c1-2-19(15-6-4-14(17)5-7-15)16-8-3-12(11-20)9-13(16)10-18/h3-9,20H,2,11H2,1H3. The Morgan fingerprint density at radius 3 is 2.45 bits per heavy atom. The molecule has 4 heteroatoms. The summed E-state index contributed by atoms with van der Waals surface area (Å²) in [7, 11) is 0. The van der Waals surface area contributed by atoms with E-state index < -0.39 is 0 Å². The lowest BCUT2D eigenvalue weighted by molar-refractivity contribution is 0.282. The van der Waals surface area contributed by atoms with E-state index in [1.807, 2.05) is 11.8 Å². The van der Waals surface area contributed by atoms with Crippen molar-refractivity contribution in [2.24, 2.45) is 0 Å². The summed E-state index contributed by atoms with van der Waals surface area (Å²) < 4.78 is 13.0. The van der Waals surface area contributed by atoms with Crippen LogP contribution in [-0.2, 0) is 6.61 Å². The van der Waals surface area contributed by atoms with Crippen molar-refractivity contribution in [3.63, 3.8) is 0 Å². The van der Waals surface area contributed by atoms with Gasteiger partial charge in [-0.3, -0.25) is 0 Å². The number of nitriles is 1. The van der Waals surface area contributed by atoms with Crippen molar-refractivity contribution in [3.8, 4) is 6.07 Å². The number of benzene rings is 2. The van der Waals surface area contributed by atoms with Crippen LogP contribution in [0.3, 0.4) is 0 Å². The van der Waals surface area contributed by atoms with E-state index in [0.29, 0.717) is 17.7 Å². The lowest BCUT2D eigenvalue weighted by atomic mass is 10.1. The third kappa shape index (κ3) is 2.79. The van der Waals surface area contributed by atoms with Crippen molar-refractivity contribution in [3.05, 3.63) is 59.4 Å². The first-order valence-corrected chi connectivity index (χ1v) is 6.36. The summed E-state index contributed by atoms with van der Waals surface area (Å²) in [6.07, 6.45) is 0. The first kappa shape index (κ1) is 14.0. The molecule has 1 N–H and O–H groups in total. The summed E-state index contributed by atoms with van der Waals surface area (Å²) >= 11 is 0. The molecule has 0 radical (unpaired) electrons. The molecule has 0 atom stereocenters. The van der Waals surface area contributed by atoms with E-state index in [1.54, 1.807) is 30.3 Å². The van der Waals surface area contributed by atoms with Crippen molar-refractivity contribution in [2.75, 3.05) is 11.4 Å². The van der Waals surface area contributed by atoms with E-state index in [0.717, 1.165) is 11.4 Å². The van der Waals surface area contributed by atoms with Gasteiger partial charge in [0.15, 0.2) is 0 Å². The van der Waals surface area contributed by atoms with Gasteiger partial charge in [0.1, 0.15) is 11.9 Å². The average Bonchev–Trinajstić information content (AvgIpc) is 2.50. The van der Waals surface area contributed by atoms with Gasteiger partial charge in [0, 0.05) is 12.2 Å². The molecule has 0 aromatic heterocycles. The van der Waals surface area contributed by atoms with E-state index in [2.05, 4.69) is 6.07 Å². The predicted molar refractivity (Wildman–Crippen MR) is 76.2 cm³/mol. The number of hydrogen-bond donors (Lipinski definition) is 1. The Labute approximate surface area is 117 Å². The highest BCUT2D eigenvalue weighted by molar-refractivity contribution is 5.69. The Balaban J connectivity index is 2.47. The Kier molecular flexibility index (Phi) is 4.34. The van der Waals surface area contributed by atoms with Gasteiger partial charge >= 0.3 is 0 Å². The highest BCUT2D eigenvalue weighted by atomic mass is 19.1. The van der Waals surface area contributed by atoms with E-state index in [4.69, 9.17) is 5.11 Å². The zero-order valence-electron chi connectivity index (χ0n) is 11.2. The first-order valence-electron chi connectivity index (χ1n) is 6.36. The van der Waals surface area contributed by atoms with Crippen LogP contribution in [-0.4, -0.2) is 11.7 Å². The van der Waals surface area contributed by atoms with Gasteiger partial charge in [0.25, 0.3) is 0 Å². The number of aliphatic hydroxyl groups excluding tert-OH is 1. The molecule has 20 heavy (non-hydrogen) atoms. The van der Waals surface area contributed by atoms with Crippen LogP contribution in [0.4, 0.5) is 15.8 Å². The van der Waals surface area contributed by atoms with Crippen molar-refractivity contribution in [1.82, 2.24) is 0 Å². The van der Waals surface area contributed by atoms with Gasteiger partial charge in [-0.2, -0.15) is 5.26 Å². The van der Waals surface area contributed by atoms with Gasteiger partial charge in [0.05, 0.1) is 17.9 Å². The van der Waals surface area contributed by atoms with Gasteiger partial charge < -0.3 is 10.0 Å². The number of rotatable bonds is 4. The number of nitrogens with zero attached hydrogens (tertiary/aromatic N) is 2. The van der Waals surface area contributed by atoms with Crippen LogP contribution in [0, 0.1) is 17.1 Å². The van der Waals surface area contributed by atoms with E-state index in [-0.39, 0.29) is 12.4 Å². The maximum Gasteiger partial charge on any atom is 0.123 e. The van der Waals surface area contributed by atoms with Crippen molar-refractivity contribution in [1.29, 1.82) is 5.26 Å². The van der Waals surface area contributed by atoms with Gasteiger partial charge in [-0.15, -0.1) is 0 Å². The molecule has 102 valence electrons. The quantitative estimate of drug-likeness (QED) is 0.926. The molecule has 2 aromatic rings. The van der Waals surface area contributed by atoms with Crippen LogP contribution in [0.1, 0.15) is 18.1 Å². The second kappa shape index (κ2) is 6.18. The summed E-state index contributed by atoms with van der Waals surface area (Å²) in [6.45, 7) is 2.51. The molecule has 0 saturated heterocycles. The predicted octanol–water partition coefficient (Wildman–Crippen LogP) is 3.35. The Hall–Kier alpha value is -2.38. The SMILES string of the molecule is CCN(c1ccc(F)cc1)c1ccc(CO)cc1C#N. The lowest BCUT2D eigenvalue weighted by Gasteiger charge is -2.24. The molecule has 0 aliphatic carbocycles. The Bertz CT molecular complexity index is 632. The number of hydrogen-bond acceptors (Lipinski definition) is 3. The number of halogens is 1. The molecule has 2 rings (SSSR count). The molecular weight excluding hydrogens is 255 g/mol. The van der Waals surface area contributed by atoms with E-state index >= 15 is 0 Å². The van der Waals surface area contributed by atoms with Gasteiger partial charge in [0.2, 0.25) is 0 Å². The second-order valence-electron chi connectivity index (χ2n) is 4.34. The molecule has 0 aliphatic rings. The smallest absolute Gasteiger partial charge is 0.123 e. The summed E-state index contributed by atoms with van der Waals surface area (Å²) in [6, 6.07) is 13.5. The summed E-state index contributed by atoms with van der Waals surface area (Å²) in [4.78, 5) is 1.93. The van der Waals surface area contributed by atoms with Crippen molar-refractivity contribution in [2.45, 2.75) is 13.5 Å². The minimum absolute atomic E-state index is 0.0996. The number of aliphatic hydroxyl groups is 1. The zero-order valence-corrected chi connectivity index (χ0v) is 11.2. The number of anilines is 2. The van der Waals surface area contributed by atoms with Crippen LogP contribution >= 0.6 is 0 Å². The molecular formula is C16H15FN2O. The maximum atomic E-state index is 13.0. The van der Waals surface area contributed by atoms with Crippen molar-refractivity contribution < 1.29 is 9.50 Å². The summed E-state index contributed by atoms with van der Waals surface area (Å²) in [5.74, 6) is -0.291.